The molecule has 1 amide bonds. The van der Waals surface area contributed by atoms with E-state index in [2.05, 4.69) is 16.0 Å². The molecule has 2 aromatic heterocycles. The largest absolute Gasteiger partial charge is 0.490 e. The maximum atomic E-state index is 12.5. The summed E-state index contributed by atoms with van der Waals surface area (Å²) in [5.74, 6) is -5.35. The van der Waals surface area contributed by atoms with E-state index in [1.54, 1.807) is 0 Å². The summed E-state index contributed by atoms with van der Waals surface area (Å²) in [4.78, 5) is 39.8. The van der Waals surface area contributed by atoms with Gasteiger partial charge >= 0.3 is 24.3 Å². The van der Waals surface area contributed by atoms with Crippen molar-refractivity contribution in [3.63, 3.8) is 0 Å². The molecule has 2 fully saturated rings. The SMILES string of the molecule is O=C(O)C(F)(F)F.O=C(O)C(F)(F)F.O=C(c1cccs1)N1CCC2(CC1)CN(Cc1cccnc1)CCO2. The number of aromatic nitrogens is 1. The van der Waals surface area contributed by atoms with Crippen LogP contribution in [0, 0.1) is 0 Å². The van der Waals surface area contributed by atoms with Crippen molar-refractivity contribution in [3.8, 4) is 0 Å². The van der Waals surface area contributed by atoms with Crippen molar-refractivity contribution in [2.75, 3.05) is 32.8 Å². The minimum atomic E-state index is -5.08. The maximum Gasteiger partial charge on any atom is 0.490 e. The first-order chi connectivity index (χ1) is 18.1. The van der Waals surface area contributed by atoms with Crippen molar-refractivity contribution in [1.29, 1.82) is 0 Å². The number of pyridine rings is 1. The second-order valence-electron chi connectivity index (χ2n) is 8.48. The van der Waals surface area contributed by atoms with Crippen molar-refractivity contribution in [3.05, 3.63) is 52.5 Å². The molecule has 2 aliphatic rings. The number of ether oxygens (including phenoxy) is 1. The Kier molecular flexibility index (Phi) is 11.2. The molecule has 0 aliphatic carbocycles. The average Bonchev–Trinajstić information content (AvgIpc) is 3.40. The molecule has 4 rings (SSSR count). The molecule has 1 spiro atoms. The summed E-state index contributed by atoms with van der Waals surface area (Å²) in [5, 5.41) is 16.2. The molecule has 2 aromatic rings. The Bertz CT molecular complexity index is 1050. The molecule has 2 N–H and O–H groups in total. The highest BCUT2D eigenvalue weighted by Crippen LogP contribution is 2.31. The summed E-state index contributed by atoms with van der Waals surface area (Å²) in [6.45, 7) is 5.11. The zero-order valence-electron chi connectivity index (χ0n) is 20.2. The van der Waals surface area contributed by atoms with Crippen LogP contribution in [0.5, 0.6) is 0 Å². The lowest BCUT2D eigenvalue weighted by molar-refractivity contribution is -0.193. The van der Waals surface area contributed by atoms with Crippen LogP contribution in [-0.4, -0.2) is 93.6 Å². The predicted octanol–water partition coefficient (Wildman–Crippen LogP) is 3.92. The van der Waals surface area contributed by atoms with Crippen LogP contribution in [-0.2, 0) is 20.9 Å². The van der Waals surface area contributed by atoms with Crippen LogP contribution in [0.2, 0.25) is 0 Å². The van der Waals surface area contributed by atoms with Crippen LogP contribution >= 0.6 is 11.3 Å². The molecule has 0 saturated carbocycles. The zero-order valence-corrected chi connectivity index (χ0v) is 21.1. The number of nitrogens with zero attached hydrogens (tertiary/aromatic N) is 3. The van der Waals surface area contributed by atoms with Crippen LogP contribution in [0.25, 0.3) is 0 Å². The van der Waals surface area contributed by atoms with E-state index in [9.17, 15) is 31.1 Å². The monoisotopic (exact) mass is 585 g/mol. The van der Waals surface area contributed by atoms with Crippen LogP contribution in [0.4, 0.5) is 26.3 Å². The number of halogens is 6. The number of likely N-dealkylation sites (tertiary alicyclic amines) is 1. The van der Waals surface area contributed by atoms with E-state index in [0.717, 1.165) is 57.0 Å². The summed E-state index contributed by atoms with van der Waals surface area (Å²) >= 11 is 1.52. The number of piperidine rings is 1. The standard InChI is InChI=1S/C19H23N3O2S.2C2HF3O2/c23-18(17-4-2-12-25-17)22-8-5-19(6-9-22)15-21(10-11-24-19)14-16-3-1-7-20-13-16;2*3-2(4,5)1(6)7/h1-4,7,12-13H,5-6,8-11,14-15H2;2*(H,6,7). The average molecular weight is 586 g/mol. The predicted molar refractivity (Wildman–Crippen MR) is 125 cm³/mol. The van der Waals surface area contributed by atoms with E-state index in [4.69, 9.17) is 24.5 Å². The van der Waals surface area contributed by atoms with Crippen molar-refractivity contribution < 1.29 is 55.7 Å². The lowest BCUT2D eigenvalue weighted by atomic mass is 9.89. The molecule has 4 heterocycles. The number of rotatable bonds is 3. The quantitative estimate of drug-likeness (QED) is 0.521. The molecule has 9 nitrogen and oxygen atoms in total. The van der Waals surface area contributed by atoms with Gasteiger partial charge in [0.25, 0.3) is 5.91 Å². The Hall–Kier alpha value is -3.24. The molecular formula is C23H25F6N3O6S. The van der Waals surface area contributed by atoms with E-state index in [-0.39, 0.29) is 11.5 Å². The third-order valence-corrected chi connectivity index (χ3v) is 6.49. The number of carbonyl (C=O) groups is 3. The summed E-state index contributed by atoms with van der Waals surface area (Å²) in [6.07, 6.45) is -4.60. The fourth-order valence-corrected chi connectivity index (χ4v) is 4.47. The molecule has 2 aliphatic heterocycles. The van der Waals surface area contributed by atoms with Gasteiger partial charge in [-0.2, -0.15) is 26.3 Å². The number of alkyl halides is 6. The first-order valence-corrected chi connectivity index (χ1v) is 12.2. The summed E-state index contributed by atoms with van der Waals surface area (Å²) in [5.41, 5.74) is 1.14. The van der Waals surface area contributed by atoms with Gasteiger partial charge in [-0.3, -0.25) is 14.7 Å². The van der Waals surface area contributed by atoms with E-state index >= 15 is 0 Å². The molecule has 2 saturated heterocycles. The van der Waals surface area contributed by atoms with E-state index in [1.807, 2.05) is 40.9 Å². The van der Waals surface area contributed by atoms with E-state index in [0.29, 0.717) is 0 Å². The number of amides is 1. The summed E-state index contributed by atoms with van der Waals surface area (Å²) in [7, 11) is 0. The smallest absolute Gasteiger partial charge is 0.475 e. The lowest BCUT2D eigenvalue weighted by Gasteiger charge is -2.47. The third-order valence-electron chi connectivity index (χ3n) is 5.64. The van der Waals surface area contributed by atoms with Crippen LogP contribution < -0.4 is 0 Å². The highest BCUT2D eigenvalue weighted by atomic mass is 32.1. The van der Waals surface area contributed by atoms with Gasteiger partial charge in [-0.05, 0) is 35.9 Å². The molecule has 0 unspecified atom stereocenters. The molecule has 0 bridgehead atoms. The first kappa shape index (κ1) is 32.0. The lowest BCUT2D eigenvalue weighted by Crippen LogP contribution is -2.57. The number of carbonyl (C=O) groups excluding carboxylic acids is 1. The zero-order chi connectivity index (χ0) is 29.3. The molecule has 39 heavy (non-hydrogen) atoms. The van der Waals surface area contributed by atoms with Gasteiger partial charge in [0, 0.05) is 45.1 Å². The van der Waals surface area contributed by atoms with Gasteiger partial charge in [0.05, 0.1) is 17.1 Å². The number of thiophene rings is 1. The fraction of sp³-hybridized carbons (Fsp3) is 0.478. The molecule has 0 atom stereocenters. The number of carboxylic acids is 2. The molecule has 16 heteroatoms. The van der Waals surface area contributed by atoms with Gasteiger partial charge in [0.1, 0.15) is 0 Å². The van der Waals surface area contributed by atoms with Gasteiger partial charge in [0.2, 0.25) is 0 Å². The van der Waals surface area contributed by atoms with Gasteiger partial charge in [0.15, 0.2) is 0 Å². The molecular weight excluding hydrogens is 560 g/mol. The second kappa shape index (κ2) is 13.7. The topological polar surface area (TPSA) is 120 Å². The van der Waals surface area contributed by atoms with Crippen molar-refractivity contribution >= 4 is 29.2 Å². The summed E-state index contributed by atoms with van der Waals surface area (Å²) in [6, 6.07) is 7.95. The Morgan fingerprint density at radius 2 is 1.56 bits per heavy atom. The van der Waals surface area contributed by atoms with Crippen molar-refractivity contribution in [2.45, 2.75) is 37.3 Å². The van der Waals surface area contributed by atoms with Gasteiger partial charge in [-0.25, -0.2) is 9.59 Å². The minimum Gasteiger partial charge on any atom is -0.475 e. The molecule has 0 radical (unpaired) electrons. The van der Waals surface area contributed by atoms with E-state index < -0.39 is 24.3 Å². The molecule has 0 aromatic carbocycles. The van der Waals surface area contributed by atoms with Crippen LogP contribution in [0.15, 0.2) is 42.0 Å². The normalized spacial score (nSPS) is 17.3. The van der Waals surface area contributed by atoms with Crippen molar-refractivity contribution in [2.24, 2.45) is 0 Å². The number of hydrogen-bond acceptors (Lipinski definition) is 7. The van der Waals surface area contributed by atoms with Crippen molar-refractivity contribution in [1.82, 2.24) is 14.8 Å². The Morgan fingerprint density at radius 1 is 0.974 bits per heavy atom. The third kappa shape index (κ3) is 10.4. The second-order valence-corrected chi connectivity index (χ2v) is 9.43. The van der Waals surface area contributed by atoms with Crippen LogP contribution in [0.3, 0.4) is 0 Å². The highest BCUT2D eigenvalue weighted by molar-refractivity contribution is 7.12. The Balaban J connectivity index is 0.000000317. The highest BCUT2D eigenvalue weighted by Gasteiger charge is 2.41. The Morgan fingerprint density at radius 3 is 2.03 bits per heavy atom. The number of hydrogen-bond donors (Lipinski definition) is 2. The first-order valence-electron chi connectivity index (χ1n) is 11.3. The maximum absolute atomic E-state index is 12.5. The number of aliphatic carboxylic acids is 2. The molecule has 216 valence electrons. The minimum absolute atomic E-state index is 0.104. The van der Waals surface area contributed by atoms with Crippen LogP contribution in [0.1, 0.15) is 28.1 Å². The van der Waals surface area contributed by atoms with Gasteiger partial charge in [-0.1, -0.05) is 12.1 Å². The number of morpholine rings is 1. The Labute approximate surface area is 222 Å². The summed E-state index contributed by atoms with van der Waals surface area (Å²) < 4.78 is 69.7. The fourth-order valence-electron chi connectivity index (χ4n) is 3.78. The number of carboxylic acid groups (broad SMARTS) is 2. The van der Waals surface area contributed by atoms with Gasteiger partial charge in [-0.15, -0.1) is 11.3 Å². The van der Waals surface area contributed by atoms with E-state index in [1.165, 1.54) is 16.9 Å². The van der Waals surface area contributed by atoms with Gasteiger partial charge < -0.3 is 19.8 Å².